The number of amides is 1. The molecule has 2 rings (SSSR count). The Hall–Kier alpha value is -1.03. The molecule has 1 amide bonds. The summed E-state index contributed by atoms with van der Waals surface area (Å²) in [7, 11) is 0. The lowest BCUT2D eigenvalue weighted by atomic mass is 10.1. The molecule has 1 saturated heterocycles. The molecule has 1 atom stereocenters. The van der Waals surface area contributed by atoms with Gasteiger partial charge in [0.25, 0.3) is 0 Å². The largest absolute Gasteiger partial charge is 0.325 e. The minimum Gasteiger partial charge on any atom is -0.325 e. The van der Waals surface area contributed by atoms with Gasteiger partial charge < -0.3 is 4.90 Å². The third-order valence-corrected chi connectivity index (χ3v) is 4.43. The second kappa shape index (κ2) is 5.08. The van der Waals surface area contributed by atoms with Gasteiger partial charge in [-0.05, 0) is 12.0 Å². The Morgan fingerprint density at radius 3 is 2.82 bits per heavy atom. The Balaban J connectivity index is 2.17. The first-order valence-electron chi connectivity index (χ1n) is 5.74. The van der Waals surface area contributed by atoms with Gasteiger partial charge in [0.2, 0.25) is 5.91 Å². The van der Waals surface area contributed by atoms with Gasteiger partial charge in [0.05, 0.1) is 11.1 Å². The molecule has 1 aliphatic heterocycles. The van der Waals surface area contributed by atoms with Gasteiger partial charge in [0, 0.05) is 12.1 Å². The molecule has 1 aromatic carbocycles. The number of hydrogen-bond donors (Lipinski definition) is 0. The summed E-state index contributed by atoms with van der Waals surface area (Å²) in [6.45, 7) is 4.55. The fourth-order valence-electron chi connectivity index (χ4n) is 2.01. The van der Waals surface area contributed by atoms with Crippen LogP contribution in [-0.2, 0) is 11.3 Å². The molecule has 4 heteroatoms. The van der Waals surface area contributed by atoms with E-state index in [1.165, 1.54) is 6.07 Å². The summed E-state index contributed by atoms with van der Waals surface area (Å²) in [5, 5.41) is 0.169. The Kier molecular flexibility index (Phi) is 3.72. The van der Waals surface area contributed by atoms with Crippen LogP contribution in [0.2, 0.25) is 0 Å². The van der Waals surface area contributed by atoms with Crippen molar-refractivity contribution in [2.24, 2.45) is 5.92 Å². The topological polar surface area (TPSA) is 20.3 Å². The zero-order valence-corrected chi connectivity index (χ0v) is 10.8. The number of rotatable bonds is 3. The summed E-state index contributed by atoms with van der Waals surface area (Å²) in [6.07, 6.45) is 0. The van der Waals surface area contributed by atoms with Crippen LogP contribution in [0, 0.1) is 11.7 Å². The Bertz CT molecular complexity index is 422. The number of halogens is 1. The summed E-state index contributed by atoms with van der Waals surface area (Å²) in [5.41, 5.74) is 0.592. The molecule has 1 fully saturated rings. The highest BCUT2D eigenvalue weighted by atomic mass is 32.2. The van der Waals surface area contributed by atoms with Crippen LogP contribution in [0.15, 0.2) is 24.3 Å². The van der Waals surface area contributed by atoms with Crippen LogP contribution in [0.3, 0.4) is 0 Å². The van der Waals surface area contributed by atoms with Gasteiger partial charge >= 0.3 is 0 Å². The SMILES string of the molecule is CC(C)C1SCC(=O)N1Cc1ccccc1F. The van der Waals surface area contributed by atoms with Crippen molar-refractivity contribution in [3.05, 3.63) is 35.6 Å². The van der Waals surface area contributed by atoms with Gasteiger partial charge in [-0.25, -0.2) is 4.39 Å². The molecule has 1 aromatic rings. The summed E-state index contributed by atoms with van der Waals surface area (Å²) < 4.78 is 13.6. The van der Waals surface area contributed by atoms with Crippen molar-refractivity contribution in [3.63, 3.8) is 0 Å². The number of carbonyl (C=O) groups excluding carboxylic acids is 1. The standard InChI is InChI=1S/C13H16FNOS/c1-9(2)13-15(12(16)8-17-13)7-10-5-3-4-6-11(10)14/h3-6,9,13H,7-8H2,1-2H3. The normalized spacial score (nSPS) is 20.4. The van der Waals surface area contributed by atoms with E-state index in [1.54, 1.807) is 34.9 Å². The molecule has 2 nitrogen and oxygen atoms in total. The molecule has 17 heavy (non-hydrogen) atoms. The van der Waals surface area contributed by atoms with Crippen LogP contribution in [0.5, 0.6) is 0 Å². The van der Waals surface area contributed by atoms with E-state index in [0.29, 0.717) is 23.8 Å². The van der Waals surface area contributed by atoms with Crippen LogP contribution in [-0.4, -0.2) is 21.9 Å². The van der Waals surface area contributed by atoms with Gasteiger partial charge in [-0.3, -0.25) is 4.79 Å². The lowest BCUT2D eigenvalue weighted by Gasteiger charge is -2.26. The minimum atomic E-state index is -0.236. The molecule has 0 aliphatic carbocycles. The van der Waals surface area contributed by atoms with E-state index in [9.17, 15) is 9.18 Å². The summed E-state index contributed by atoms with van der Waals surface area (Å²) in [4.78, 5) is 13.6. The third-order valence-electron chi connectivity index (χ3n) is 2.87. The molecular formula is C13H16FNOS. The first-order valence-corrected chi connectivity index (χ1v) is 6.79. The summed E-state index contributed by atoms with van der Waals surface area (Å²) >= 11 is 1.65. The van der Waals surface area contributed by atoms with Crippen LogP contribution >= 0.6 is 11.8 Å². The van der Waals surface area contributed by atoms with Crippen LogP contribution in [0.25, 0.3) is 0 Å². The molecule has 0 aromatic heterocycles. The quantitative estimate of drug-likeness (QED) is 0.825. The highest BCUT2D eigenvalue weighted by Gasteiger charge is 2.33. The van der Waals surface area contributed by atoms with Crippen molar-refractivity contribution in [2.45, 2.75) is 25.8 Å². The van der Waals surface area contributed by atoms with Gasteiger partial charge in [0.1, 0.15) is 5.82 Å². The van der Waals surface area contributed by atoms with Crippen molar-refractivity contribution < 1.29 is 9.18 Å². The molecule has 0 radical (unpaired) electrons. The van der Waals surface area contributed by atoms with Crippen molar-refractivity contribution in [1.29, 1.82) is 0 Å². The number of thioether (sulfide) groups is 1. The van der Waals surface area contributed by atoms with E-state index in [0.717, 1.165) is 0 Å². The smallest absolute Gasteiger partial charge is 0.233 e. The highest BCUT2D eigenvalue weighted by Crippen LogP contribution is 2.32. The van der Waals surface area contributed by atoms with E-state index >= 15 is 0 Å². The van der Waals surface area contributed by atoms with Crippen LogP contribution in [0.1, 0.15) is 19.4 Å². The molecule has 0 spiro atoms. The molecular weight excluding hydrogens is 237 g/mol. The average molecular weight is 253 g/mol. The third kappa shape index (κ3) is 2.63. The average Bonchev–Trinajstić information content (AvgIpc) is 2.64. The van der Waals surface area contributed by atoms with Crippen molar-refractivity contribution in [3.8, 4) is 0 Å². The molecule has 1 unspecified atom stereocenters. The van der Waals surface area contributed by atoms with Gasteiger partial charge in [-0.2, -0.15) is 0 Å². The Morgan fingerprint density at radius 2 is 2.18 bits per heavy atom. The van der Waals surface area contributed by atoms with E-state index in [-0.39, 0.29) is 17.1 Å². The number of benzene rings is 1. The minimum absolute atomic E-state index is 0.108. The number of hydrogen-bond acceptors (Lipinski definition) is 2. The molecule has 1 aliphatic rings. The van der Waals surface area contributed by atoms with E-state index in [2.05, 4.69) is 13.8 Å². The maximum Gasteiger partial charge on any atom is 0.233 e. The predicted octanol–water partition coefficient (Wildman–Crippen LogP) is 2.88. The van der Waals surface area contributed by atoms with Gasteiger partial charge in [-0.15, -0.1) is 11.8 Å². The molecule has 0 N–H and O–H groups in total. The van der Waals surface area contributed by atoms with E-state index in [1.807, 2.05) is 0 Å². The second-order valence-electron chi connectivity index (χ2n) is 4.56. The molecule has 0 bridgehead atoms. The van der Waals surface area contributed by atoms with Gasteiger partial charge in [0.15, 0.2) is 0 Å². The Morgan fingerprint density at radius 1 is 1.47 bits per heavy atom. The number of carbonyl (C=O) groups is 1. The molecule has 92 valence electrons. The lowest BCUT2D eigenvalue weighted by molar-refractivity contribution is -0.129. The van der Waals surface area contributed by atoms with Crippen molar-refractivity contribution in [1.82, 2.24) is 4.90 Å². The van der Waals surface area contributed by atoms with Crippen LogP contribution < -0.4 is 0 Å². The lowest BCUT2D eigenvalue weighted by Crippen LogP contribution is -2.35. The van der Waals surface area contributed by atoms with E-state index < -0.39 is 0 Å². The molecule has 0 saturated carbocycles. The zero-order chi connectivity index (χ0) is 12.4. The van der Waals surface area contributed by atoms with E-state index in [4.69, 9.17) is 0 Å². The zero-order valence-electron chi connectivity index (χ0n) is 10.0. The van der Waals surface area contributed by atoms with Crippen molar-refractivity contribution >= 4 is 17.7 Å². The fourth-order valence-corrected chi connectivity index (χ4v) is 3.25. The molecule has 1 heterocycles. The van der Waals surface area contributed by atoms with Gasteiger partial charge in [-0.1, -0.05) is 32.0 Å². The first-order chi connectivity index (χ1) is 8.09. The monoisotopic (exact) mass is 253 g/mol. The maximum absolute atomic E-state index is 13.6. The second-order valence-corrected chi connectivity index (χ2v) is 5.66. The Labute approximate surface area is 105 Å². The fraction of sp³-hybridized carbons (Fsp3) is 0.462. The highest BCUT2D eigenvalue weighted by molar-refractivity contribution is 8.01. The van der Waals surface area contributed by atoms with Crippen molar-refractivity contribution in [2.75, 3.05) is 5.75 Å². The van der Waals surface area contributed by atoms with Crippen LogP contribution in [0.4, 0.5) is 4.39 Å². The first kappa shape index (κ1) is 12.4. The maximum atomic E-state index is 13.6. The predicted molar refractivity (Wildman–Crippen MR) is 68.0 cm³/mol. The summed E-state index contributed by atoms with van der Waals surface area (Å²) in [6, 6.07) is 6.65. The summed E-state index contributed by atoms with van der Waals surface area (Å²) in [5.74, 6) is 0.770. The number of nitrogens with zero attached hydrogens (tertiary/aromatic N) is 1.